The number of ketones is 4. The van der Waals surface area contributed by atoms with Crippen molar-refractivity contribution in [2.24, 2.45) is 11.3 Å². The molecule has 0 saturated carbocycles. The Morgan fingerprint density at radius 2 is 1.66 bits per heavy atom. The summed E-state index contributed by atoms with van der Waals surface area (Å²) in [5.74, 6) is -3.48. The molecule has 13 heteroatoms. The highest BCUT2D eigenvalue weighted by atomic mass is 16.7. The third-order valence-corrected chi connectivity index (χ3v) is 10.9. The highest BCUT2D eigenvalue weighted by Gasteiger charge is 2.84. The zero-order valence-electron chi connectivity index (χ0n) is 25.3. The van der Waals surface area contributed by atoms with E-state index in [0.29, 0.717) is 25.0 Å². The molecule has 240 valence electrons. The van der Waals surface area contributed by atoms with E-state index in [1.54, 1.807) is 0 Å². The summed E-state index contributed by atoms with van der Waals surface area (Å²) in [7, 11) is 1.90. The van der Waals surface area contributed by atoms with Gasteiger partial charge < -0.3 is 44.6 Å². The first-order valence-corrected chi connectivity index (χ1v) is 14.9. The molecule has 10 atom stereocenters. The van der Waals surface area contributed by atoms with Gasteiger partial charge >= 0.3 is 0 Å². The Bertz CT molecular complexity index is 1460. The Labute approximate surface area is 253 Å². The predicted molar refractivity (Wildman–Crippen MR) is 148 cm³/mol. The summed E-state index contributed by atoms with van der Waals surface area (Å²) < 4.78 is 18.4. The van der Waals surface area contributed by atoms with Crippen LogP contribution in [0.3, 0.4) is 0 Å². The van der Waals surface area contributed by atoms with Gasteiger partial charge in [-0.25, -0.2) is 0 Å². The molecule has 3 aliphatic heterocycles. The topological polar surface area (TPSA) is 200 Å². The number of aliphatic hydroxyl groups is 5. The van der Waals surface area contributed by atoms with Crippen LogP contribution in [0.5, 0.6) is 0 Å². The van der Waals surface area contributed by atoms with E-state index in [1.165, 1.54) is 13.8 Å². The fourth-order valence-corrected chi connectivity index (χ4v) is 9.20. The average molecular weight is 618 g/mol. The van der Waals surface area contributed by atoms with Crippen molar-refractivity contribution in [3.63, 3.8) is 0 Å². The van der Waals surface area contributed by atoms with Crippen molar-refractivity contribution < 1.29 is 58.9 Å². The molecule has 0 aromatic carbocycles. The van der Waals surface area contributed by atoms with Gasteiger partial charge in [0.2, 0.25) is 11.9 Å². The van der Waals surface area contributed by atoms with E-state index in [-0.39, 0.29) is 36.0 Å². The predicted octanol–water partition coefficient (Wildman–Crippen LogP) is -1.02. The molecule has 0 radical (unpaired) electrons. The maximum absolute atomic E-state index is 14.2. The van der Waals surface area contributed by atoms with Crippen LogP contribution in [0.15, 0.2) is 33.8 Å². The second kappa shape index (κ2) is 10.1. The number of ether oxygens (including phenoxy) is 3. The first-order chi connectivity index (χ1) is 20.6. The van der Waals surface area contributed by atoms with Gasteiger partial charge in [-0.3, -0.25) is 19.2 Å². The van der Waals surface area contributed by atoms with Crippen molar-refractivity contribution in [3.8, 4) is 0 Å². The lowest BCUT2D eigenvalue weighted by Gasteiger charge is -2.64. The highest BCUT2D eigenvalue weighted by Crippen LogP contribution is 2.74. The summed E-state index contributed by atoms with van der Waals surface area (Å²) >= 11 is 0. The maximum atomic E-state index is 14.2. The lowest BCUT2D eigenvalue weighted by atomic mass is 9.41. The molecule has 0 aromatic heterocycles. The zero-order chi connectivity index (χ0) is 32.3. The van der Waals surface area contributed by atoms with E-state index in [4.69, 9.17) is 14.2 Å². The van der Waals surface area contributed by atoms with E-state index in [9.17, 15) is 44.7 Å². The molecule has 0 aromatic rings. The summed E-state index contributed by atoms with van der Waals surface area (Å²) in [6.07, 6.45) is -6.56. The molecule has 0 amide bonds. The fraction of sp³-hybridized carbons (Fsp3) is 0.677. The number of nitrogens with zero attached hydrogens (tertiary/aromatic N) is 1. The molecule has 44 heavy (non-hydrogen) atoms. The Hall–Kier alpha value is -2.78. The zero-order valence-corrected chi connectivity index (χ0v) is 25.3. The SMILES string of the molecule is CC(=O)C1=C(C(C)=O)[C@@](O)(C(C)=O)[C@]2(C(C)=O)OC3=C(OC4O[C@H](CO)[C@@H](O)[C@H](O)[C@H]4O)CCC4=C3[C@@]23CCN(C)[C@H](C4)[C@H]13. The van der Waals surface area contributed by atoms with Crippen molar-refractivity contribution in [2.75, 3.05) is 20.2 Å². The Morgan fingerprint density at radius 3 is 2.23 bits per heavy atom. The van der Waals surface area contributed by atoms with Crippen LogP contribution in [0.1, 0.15) is 53.4 Å². The van der Waals surface area contributed by atoms with Gasteiger partial charge in [-0.1, -0.05) is 5.57 Å². The summed E-state index contributed by atoms with van der Waals surface area (Å²) in [5.41, 5.74) is -5.57. The minimum Gasteiger partial charge on any atom is -0.471 e. The number of carbonyl (C=O) groups is 4. The Morgan fingerprint density at radius 1 is 0.977 bits per heavy atom. The van der Waals surface area contributed by atoms with Gasteiger partial charge in [0, 0.05) is 35.1 Å². The van der Waals surface area contributed by atoms with Crippen molar-refractivity contribution in [2.45, 2.75) is 101 Å². The number of rotatable bonds is 7. The minimum absolute atomic E-state index is 0.0157. The molecule has 3 aliphatic carbocycles. The van der Waals surface area contributed by atoms with Gasteiger partial charge in [-0.2, -0.15) is 0 Å². The number of likely N-dealkylation sites (tertiary alicyclic amines) is 1. The van der Waals surface area contributed by atoms with Gasteiger partial charge in [0.15, 0.2) is 34.5 Å². The van der Waals surface area contributed by atoms with Crippen molar-refractivity contribution in [1.82, 2.24) is 4.90 Å². The van der Waals surface area contributed by atoms with E-state index in [1.807, 2.05) is 7.05 Å². The lowest BCUT2D eigenvalue weighted by Crippen LogP contribution is -2.78. The first kappa shape index (κ1) is 31.2. The fourth-order valence-electron chi connectivity index (χ4n) is 9.20. The van der Waals surface area contributed by atoms with Crippen LogP contribution >= 0.6 is 0 Å². The van der Waals surface area contributed by atoms with Crippen molar-refractivity contribution >= 4 is 23.1 Å². The third-order valence-electron chi connectivity index (χ3n) is 10.9. The number of piperidine rings is 1. The molecule has 3 saturated heterocycles. The number of hydrogen-bond acceptors (Lipinski definition) is 13. The summed E-state index contributed by atoms with van der Waals surface area (Å²) in [6.45, 7) is 4.47. The van der Waals surface area contributed by atoms with Crippen LogP contribution in [0.2, 0.25) is 0 Å². The van der Waals surface area contributed by atoms with Crippen LogP contribution in [-0.4, -0.2) is 122 Å². The molecule has 3 heterocycles. The monoisotopic (exact) mass is 617 g/mol. The molecule has 6 aliphatic rings. The smallest absolute Gasteiger partial charge is 0.228 e. The van der Waals surface area contributed by atoms with Crippen LogP contribution in [-0.2, 0) is 33.4 Å². The standard InChI is InChI=1S/C31H39NO12/c1-12(34)20-21(13(2)35)30(41,14(3)36)31(15(4)37)29-8-9-32(5)17(23(20)29)10-16-6-7-18(27(44-31)22(16)29)42-28-26(40)25(39)24(38)19(11-33)43-28/h17,19,23-26,28,33,38-41H,6-11H2,1-5H3/t17-,19-,23-,24-,25+,26-,28?,29-,30+,31-/m1/s1. The van der Waals surface area contributed by atoms with Gasteiger partial charge in [0.25, 0.3) is 0 Å². The van der Waals surface area contributed by atoms with E-state index >= 15 is 0 Å². The molecule has 6 rings (SSSR count). The normalized spacial score (nSPS) is 43.0. The van der Waals surface area contributed by atoms with Crippen LogP contribution in [0.4, 0.5) is 0 Å². The number of aliphatic hydroxyl groups excluding tert-OH is 4. The number of carbonyl (C=O) groups excluding carboxylic acids is 4. The van der Waals surface area contributed by atoms with E-state index < -0.39 is 88.6 Å². The molecule has 13 nitrogen and oxygen atoms in total. The molecular formula is C31H39NO12. The molecule has 1 spiro atoms. The number of allylic oxidation sites excluding steroid dienone is 2. The first-order valence-electron chi connectivity index (χ1n) is 14.9. The van der Waals surface area contributed by atoms with Crippen LogP contribution in [0.25, 0.3) is 0 Å². The average Bonchev–Trinajstić information content (AvgIpc) is 3.28. The molecule has 2 bridgehead atoms. The summed E-state index contributed by atoms with van der Waals surface area (Å²) in [4.78, 5) is 56.8. The van der Waals surface area contributed by atoms with Gasteiger partial charge in [-0.15, -0.1) is 0 Å². The Kier molecular flexibility index (Phi) is 7.17. The van der Waals surface area contributed by atoms with Crippen LogP contribution in [0, 0.1) is 11.3 Å². The number of hydrogen-bond donors (Lipinski definition) is 5. The van der Waals surface area contributed by atoms with Gasteiger partial charge in [-0.05, 0) is 60.5 Å². The summed E-state index contributed by atoms with van der Waals surface area (Å²) in [6, 6.07) is -0.346. The largest absolute Gasteiger partial charge is 0.471 e. The van der Waals surface area contributed by atoms with Crippen molar-refractivity contribution in [1.29, 1.82) is 0 Å². The second-order valence-electron chi connectivity index (χ2n) is 13.0. The number of Topliss-reactive ketones (excluding diaryl/α,β-unsaturated/α-hetero) is 4. The van der Waals surface area contributed by atoms with E-state index in [2.05, 4.69) is 4.90 Å². The second-order valence-corrected chi connectivity index (χ2v) is 13.0. The Balaban J connectivity index is 1.65. The highest BCUT2D eigenvalue weighted by molar-refractivity contribution is 6.16. The molecule has 5 N–H and O–H groups in total. The summed E-state index contributed by atoms with van der Waals surface area (Å²) in [5, 5.41) is 53.6. The van der Waals surface area contributed by atoms with E-state index in [0.717, 1.165) is 19.4 Å². The minimum atomic E-state index is -2.82. The van der Waals surface area contributed by atoms with Crippen molar-refractivity contribution in [3.05, 3.63) is 33.8 Å². The van der Waals surface area contributed by atoms with Gasteiger partial charge in [0.05, 0.1) is 12.0 Å². The third kappa shape index (κ3) is 3.54. The van der Waals surface area contributed by atoms with Gasteiger partial charge in [0.1, 0.15) is 30.2 Å². The maximum Gasteiger partial charge on any atom is 0.228 e. The molecule has 1 unspecified atom stereocenters. The quantitative estimate of drug-likeness (QED) is 0.233. The lowest BCUT2D eigenvalue weighted by molar-refractivity contribution is -0.292. The molecular weight excluding hydrogens is 578 g/mol. The van der Waals surface area contributed by atoms with Crippen LogP contribution < -0.4 is 0 Å². The molecule has 3 fully saturated rings.